The van der Waals surface area contributed by atoms with Gasteiger partial charge < -0.3 is 9.97 Å². The van der Waals surface area contributed by atoms with Gasteiger partial charge in [0.1, 0.15) is 0 Å². The van der Waals surface area contributed by atoms with Gasteiger partial charge in [-0.15, -0.1) is 71.3 Å². The Balaban J connectivity index is 0.000000192. The predicted octanol–water partition coefficient (Wildman–Crippen LogP) is 7.96. The van der Waals surface area contributed by atoms with E-state index < -0.39 is 0 Å². The van der Waals surface area contributed by atoms with E-state index in [2.05, 4.69) is 72.3 Å². The molecule has 0 fully saturated rings. The normalized spacial score (nSPS) is 10.1. The van der Waals surface area contributed by atoms with Gasteiger partial charge in [0.15, 0.2) is 0 Å². The van der Waals surface area contributed by atoms with E-state index in [1.807, 2.05) is 72.8 Å². The van der Waals surface area contributed by atoms with Crippen LogP contribution in [0.15, 0.2) is 115 Å². The fraction of sp³-hybridized carbons (Fsp3) is 0.125. The number of hydrogen-bond donors (Lipinski definition) is 0. The summed E-state index contributed by atoms with van der Waals surface area (Å²) in [6.45, 7) is 4.42. The molecule has 0 spiro atoms. The van der Waals surface area contributed by atoms with E-state index in [9.17, 15) is 0 Å². The summed E-state index contributed by atoms with van der Waals surface area (Å²) in [4.78, 5) is 9.00. The van der Waals surface area contributed by atoms with Crippen LogP contribution in [0, 0.1) is 18.1 Å². The van der Waals surface area contributed by atoms with E-state index in [1.54, 1.807) is 6.20 Å². The Kier molecular flexibility index (Phi) is 10.1. The van der Waals surface area contributed by atoms with Gasteiger partial charge in [-0.25, -0.2) is 0 Å². The van der Waals surface area contributed by atoms with Crippen molar-refractivity contribution in [2.75, 3.05) is 0 Å². The topological polar surface area (TPSA) is 25.8 Å². The van der Waals surface area contributed by atoms with Gasteiger partial charge >= 0.3 is 0 Å². The largest absolute Gasteiger partial charge is 0.305 e. The van der Waals surface area contributed by atoms with Crippen LogP contribution in [0.1, 0.15) is 19.5 Å². The first-order valence-electron chi connectivity index (χ1n) is 11.6. The van der Waals surface area contributed by atoms with E-state index in [0.29, 0.717) is 5.92 Å². The SMILES string of the molecule is CC(C)Cc1cccc(-c2[c-]cccc2)n1.[Ir].[c-]1ccc(-c2ccccc2)cc1-c1ccccn1. The van der Waals surface area contributed by atoms with Crippen LogP contribution in [0.5, 0.6) is 0 Å². The summed E-state index contributed by atoms with van der Waals surface area (Å²) in [5.41, 5.74) is 7.61. The molecule has 2 nitrogen and oxygen atoms in total. The van der Waals surface area contributed by atoms with E-state index >= 15 is 0 Å². The maximum Gasteiger partial charge on any atom is 0.0299 e. The minimum Gasteiger partial charge on any atom is -0.305 e. The molecule has 0 aliphatic rings. The van der Waals surface area contributed by atoms with E-state index in [4.69, 9.17) is 0 Å². The van der Waals surface area contributed by atoms with Gasteiger partial charge in [0.25, 0.3) is 0 Å². The fourth-order valence-corrected chi connectivity index (χ4v) is 3.66. The van der Waals surface area contributed by atoms with Crippen LogP contribution in [-0.4, -0.2) is 9.97 Å². The average molecular weight is 633 g/mol. The molecule has 2 heterocycles. The van der Waals surface area contributed by atoms with Crippen molar-refractivity contribution in [3.8, 4) is 33.6 Å². The summed E-state index contributed by atoms with van der Waals surface area (Å²) < 4.78 is 0. The molecule has 2 aromatic heterocycles. The Labute approximate surface area is 222 Å². The summed E-state index contributed by atoms with van der Waals surface area (Å²) in [5.74, 6) is 0.641. The van der Waals surface area contributed by atoms with Crippen LogP contribution in [0.3, 0.4) is 0 Å². The number of pyridine rings is 2. The molecule has 0 aliphatic carbocycles. The summed E-state index contributed by atoms with van der Waals surface area (Å²) in [6, 6.07) is 43.0. The molecule has 177 valence electrons. The molecule has 0 aliphatic heterocycles. The molecule has 3 heteroatoms. The van der Waals surface area contributed by atoms with Crippen molar-refractivity contribution in [1.82, 2.24) is 9.97 Å². The van der Waals surface area contributed by atoms with Crippen molar-refractivity contribution < 1.29 is 20.1 Å². The first-order valence-corrected chi connectivity index (χ1v) is 11.6. The van der Waals surface area contributed by atoms with Gasteiger partial charge in [0.05, 0.1) is 0 Å². The number of hydrogen-bond acceptors (Lipinski definition) is 2. The zero-order chi connectivity index (χ0) is 23.6. The quantitative estimate of drug-likeness (QED) is 0.184. The van der Waals surface area contributed by atoms with Crippen molar-refractivity contribution in [3.63, 3.8) is 0 Å². The molecule has 3 aromatic carbocycles. The molecule has 0 atom stereocenters. The number of nitrogens with zero attached hydrogens (tertiary/aromatic N) is 2. The molecule has 0 saturated carbocycles. The van der Waals surface area contributed by atoms with Crippen LogP contribution in [0.2, 0.25) is 0 Å². The zero-order valence-electron chi connectivity index (χ0n) is 20.0. The molecular formula is C32H28IrN2-2. The van der Waals surface area contributed by atoms with Gasteiger partial charge in [-0.2, -0.15) is 0 Å². The second kappa shape index (κ2) is 13.5. The molecule has 0 unspecified atom stereocenters. The smallest absolute Gasteiger partial charge is 0.0299 e. The number of aromatic nitrogens is 2. The Bertz CT molecular complexity index is 1230. The summed E-state index contributed by atoms with van der Waals surface area (Å²) in [5, 5.41) is 0. The third-order valence-corrected chi connectivity index (χ3v) is 5.26. The maximum absolute atomic E-state index is 4.65. The molecule has 0 bridgehead atoms. The first kappa shape index (κ1) is 26.2. The van der Waals surface area contributed by atoms with E-state index in [0.717, 1.165) is 34.6 Å². The van der Waals surface area contributed by atoms with Crippen molar-refractivity contribution >= 4 is 0 Å². The van der Waals surface area contributed by atoms with Crippen molar-refractivity contribution in [1.29, 1.82) is 0 Å². The second-order valence-corrected chi connectivity index (χ2v) is 8.46. The van der Waals surface area contributed by atoms with Crippen molar-refractivity contribution in [2.45, 2.75) is 20.3 Å². The van der Waals surface area contributed by atoms with Crippen molar-refractivity contribution in [3.05, 3.63) is 133 Å². The first-order chi connectivity index (χ1) is 16.7. The minimum atomic E-state index is 0. The minimum absolute atomic E-state index is 0. The average Bonchev–Trinajstić information content (AvgIpc) is 2.90. The molecule has 0 N–H and O–H groups in total. The molecular weight excluding hydrogens is 605 g/mol. The number of rotatable bonds is 5. The molecule has 35 heavy (non-hydrogen) atoms. The predicted molar refractivity (Wildman–Crippen MR) is 141 cm³/mol. The van der Waals surface area contributed by atoms with Gasteiger partial charge in [-0.05, 0) is 41.4 Å². The summed E-state index contributed by atoms with van der Waals surface area (Å²) >= 11 is 0. The van der Waals surface area contributed by atoms with Gasteiger partial charge in [-0.1, -0.05) is 68.4 Å². The second-order valence-electron chi connectivity index (χ2n) is 8.46. The van der Waals surface area contributed by atoms with Crippen LogP contribution >= 0.6 is 0 Å². The van der Waals surface area contributed by atoms with Gasteiger partial charge in [0, 0.05) is 32.0 Å². The van der Waals surface area contributed by atoms with Gasteiger partial charge in [0.2, 0.25) is 0 Å². The Morgan fingerprint density at radius 2 is 1.40 bits per heavy atom. The third-order valence-electron chi connectivity index (χ3n) is 5.26. The molecule has 1 radical (unpaired) electrons. The molecule has 0 amide bonds. The molecule has 0 saturated heterocycles. The number of benzene rings is 3. The Hall–Kier alpha value is -3.39. The molecule has 5 aromatic rings. The van der Waals surface area contributed by atoms with Crippen LogP contribution in [0.25, 0.3) is 33.6 Å². The summed E-state index contributed by atoms with van der Waals surface area (Å²) in [6.07, 6.45) is 2.83. The van der Waals surface area contributed by atoms with Crippen molar-refractivity contribution in [2.24, 2.45) is 5.92 Å². The monoisotopic (exact) mass is 633 g/mol. The molecule has 5 rings (SSSR count). The van der Waals surface area contributed by atoms with Crippen LogP contribution in [0.4, 0.5) is 0 Å². The summed E-state index contributed by atoms with van der Waals surface area (Å²) in [7, 11) is 0. The fourth-order valence-electron chi connectivity index (χ4n) is 3.66. The third kappa shape index (κ3) is 7.82. The maximum atomic E-state index is 4.65. The Morgan fingerprint density at radius 3 is 2.11 bits per heavy atom. The van der Waals surface area contributed by atoms with Gasteiger partial charge in [-0.3, -0.25) is 0 Å². The standard InChI is InChI=1S/C17H12N.C15H16N.Ir/c1-2-7-14(8-3-1)15-9-6-10-16(13-15)17-11-4-5-12-18-17;1-12(2)11-14-9-6-10-15(16-14)13-7-4-3-5-8-13;/h1-9,11-13H;3-7,9-10,12H,11H2,1-2H3;/q2*-1;. The van der Waals surface area contributed by atoms with E-state index in [1.165, 1.54) is 11.1 Å². The Morgan fingerprint density at radius 1 is 0.657 bits per heavy atom. The zero-order valence-corrected chi connectivity index (χ0v) is 22.4. The van der Waals surface area contributed by atoms with E-state index in [-0.39, 0.29) is 20.1 Å². The van der Waals surface area contributed by atoms with Crippen LogP contribution in [-0.2, 0) is 26.5 Å². The van der Waals surface area contributed by atoms with Crippen LogP contribution < -0.4 is 0 Å².